The number of nitrogens with zero attached hydrogens (tertiary/aromatic N) is 2. The highest BCUT2D eigenvalue weighted by atomic mass is 35.5. The number of hydrogen-bond acceptors (Lipinski definition) is 7. The van der Waals surface area contributed by atoms with Crippen molar-refractivity contribution < 1.29 is 28.3 Å². The lowest BCUT2D eigenvalue weighted by Crippen LogP contribution is -2.27. The van der Waals surface area contributed by atoms with E-state index in [0.29, 0.717) is 36.7 Å². The Morgan fingerprint density at radius 1 is 1.35 bits per heavy atom. The quantitative estimate of drug-likeness (QED) is 0.439. The van der Waals surface area contributed by atoms with Crippen LogP contribution < -0.4 is 14.9 Å². The number of ketones is 1. The van der Waals surface area contributed by atoms with E-state index in [4.69, 9.17) is 25.7 Å². The number of ether oxygens (including phenoxy) is 2. The number of pyridine rings is 1. The van der Waals surface area contributed by atoms with E-state index in [1.54, 1.807) is 6.07 Å². The van der Waals surface area contributed by atoms with Gasteiger partial charge in [-0.1, -0.05) is 18.5 Å². The predicted molar refractivity (Wildman–Crippen MR) is 112 cm³/mol. The van der Waals surface area contributed by atoms with Crippen molar-refractivity contribution >= 4 is 30.0 Å². The van der Waals surface area contributed by atoms with Gasteiger partial charge in [0.05, 0.1) is 18.2 Å². The number of Topliss-reactive ketones (excluding diaryl/α,β-unsaturated/α-hetero) is 1. The third-order valence-corrected chi connectivity index (χ3v) is 5.01. The second kappa shape index (κ2) is 10.6. The van der Waals surface area contributed by atoms with Gasteiger partial charge in [-0.3, -0.25) is 4.79 Å². The normalized spacial score (nSPS) is 12.4. The smallest absolute Gasteiger partial charge is 0.477 e. The molecule has 1 N–H and O–H groups in total. The number of nitriles is 1. The molecule has 1 aromatic heterocycles. The molecule has 0 fully saturated rings. The van der Waals surface area contributed by atoms with E-state index >= 15 is 0 Å². The summed E-state index contributed by atoms with van der Waals surface area (Å²) < 4.78 is 30.6. The van der Waals surface area contributed by atoms with Crippen LogP contribution in [0.3, 0.4) is 0 Å². The highest BCUT2D eigenvalue weighted by Crippen LogP contribution is 2.33. The number of hydrogen-bond donors (Lipinski definition) is 1. The number of benzene rings is 1. The van der Waals surface area contributed by atoms with Gasteiger partial charge >= 0.3 is 7.12 Å². The lowest BCUT2D eigenvalue weighted by Gasteiger charge is -2.12. The minimum Gasteiger partial charge on any atom is -0.477 e. The Morgan fingerprint density at radius 3 is 2.90 bits per heavy atom. The number of fused-ring (bicyclic) bond motifs is 1. The van der Waals surface area contributed by atoms with Crippen LogP contribution in [0, 0.1) is 17.1 Å². The molecule has 1 aliphatic rings. The molecule has 1 aromatic carbocycles. The maximum Gasteiger partial charge on any atom is 0.491 e. The van der Waals surface area contributed by atoms with Gasteiger partial charge in [0, 0.05) is 18.9 Å². The Kier molecular flexibility index (Phi) is 7.85. The van der Waals surface area contributed by atoms with Gasteiger partial charge in [0.15, 0.2) is 5.82 Å². The van der Waals surface area contributed by atoms with E-state index in [-0.39, 0.29) is 41.2 Å². The lowest BCUT2D eigenvalue weighted by atomic mass is 9.79. The first-order valence-electron chi connectivity index (χ1n) is 9.98. The van der Waals surface area contributed by atoms with Crippen LogP contribution in [0.15, 0.2) is 18.2 Å². The molecule has 31 heavy (non-hydrogen) atoms. The molecule has 0 bridgehead atoms. The predicted octanol–water partition coefficient (Wildman–Crippen LogP) is 3.67. The zero-order chi connectivity index (χ0) is 22.4. The van der Waals surface area contributed by atoms with E-state index in [0.717, 1.165) is 12.5 Å². The lowest BCUT2D eigenvalue weighted by molar-refractivity contribution is -0.119. The summed E-state index contributed by atoms with van der Waals surface area (Å²) in [6, 6.07) is 5.86. The molecule has 1 aliphatic heterocycles. The molecule has 0 radical (unpaired) electrons. The number of rotatable bonds is 10. The Hall–Kier alpha value is -2.67. The van der Waals surface area contributed by atoms with Gasteiger partial charge in [-0.2, -0.15) is 10.2 Å². The highest BCUT2D eigenvalue weighted by molar-refractivity contribution is 6.62. The fourth-order valence-electron chi connectivity index (χ4n) is 3.12. The van der Waals surface area contributed by atoms with Crippen LogP contribution in [0.2, 0.25) is 5.02 Å². The molecule has 0 spiro atoms. The van der Waals surface area contributed by atoms with Crippen LogP contribution in [0.25, 0.3) is 0 Å². The van der Waals surface area contributed by atoms with Crippen molar-refractivity contribution in [3.63, 3.8) is 0 Å². The molecule has 0 aliphatic carbocycles. The van der Waals surface area contributed by atoms with Crippen molar-refractivity contribution in [1.29, 1.82) is 5.26 Å². The molecule has 0 unspecified atom stereocenters. The summed E-state index contributed by atoms with van der Waals surface area (Å²) in [5.74, 6) is -0.959. The largest absolute Gasteiger partial charge is 0.491 e. The van der Waals surface area contributed by atoms with Crippen molar-refractivity contribution in [3.8, 4) is 23.6 Å². The standard InChI is InChI=1S/C21H21BClFN2O5/c1-2-5-15(27)6-3-4-7-29-20-13(11-25)8-18(24)21(26-20)31-19-9-14-12-30-22(28)16(14)10-17(19)23/h8-10,28H,2-7,12H2,1H3. The summed E-state index contributed by atoms with van der Waals surface area (Å²) in [5.41, 5.74) is 1.12. The van der Waals surface area contributed by atoms with Crippen molar-refractivity contribution in [2.45, 2.75) is 45.6 Å². The first-order valence-corrected chi connectivity index (χ1v) is 10.4. The molecular formula is C21H21BClFN2O5. The van der Waals surface area contributed by atoms with Gasteiger partial charge in [0.1, 0.15) is 23.2 Å². The Bertz CT molecular complexity index is 1010. The first kappa shape index (κ1) is 23.0. The molecular weight excluding hydrogens is 426 g/mol. The molecule has 162 valence electrons. The van der Waals surface area contributed by atoms with E-state index in [1.807, 2.05) is 13.0 Å². The van der Waals surface area contributed by atoms with Crippen molar-refractivity contribution in [3.05, 3.63) is 40.2 Å². The van der Waals surface area contributed by atoms with Crippen LogP contribution in [0.4, 0.5) is 4.39 Å². The number of carbonyl (C=O) groups is 1. The molecule has 0 atom stereocenters. The first-order chi connectivity index (χ1) is 14.9. The summed E-state index contributed by atoms with van der Waals surface area (Å²) in [7, 11) is -1.07. The highest BCUT2D eigenvalue weighted by Gasteiger charge is 2.29. The van der Waals surface area contributed by atoms with Crippen LogP contribution in [-0.4, -0.2) is 29.5 Å². The zero-order valence-electron chi connectivity index (χ0n) is 17.0. The van der Waals surface area contributed by atoms with Gasteiger partial charge < -0.3 is 19.2 Å². The van der Waals surface area contributed by atoms with E-state index in [2.05, 4.69) is 4.98 Å². The topological polar surface area (TPSA) is 102 Å². The molecule has 7 nitrogen and oxygen atoms in total. The van der Waals surface area contributed by atoms with E-state index in [9.17, 15) is 19.5 Å². The molecule has 10 heteroatoms. The van der Waals surface area contributed by atoms with Crippen molar-refractivity contribution in [1.82, 2.24) is 4.98 Å². The summed E-state index contributed by atoms with van der Waals surface area (Å²) in [6.07, 6.45) is 3.11. The SMILES string of the molecule is CCCC(=O)CCCCOc1nc(Oc2cc3c(cc2Cl)B(O)OC3)c(F)cc1C#N. The minimum atomic E-state index is -1.07. The number of halogens is 2. The number of aromatic nitrogens is 1. The molecule has 3 rings (SSSR count). The Labute approximate surface area is 184 Å². The van der Waals surface area contributed by atoms with Gasteiger partial charge in [-0.05, 0) is 42.4 Å². The average Bonchev–Trinajstić information content (AvgIpc) is 3.09. The third-order valence-electron chi connectivity index (χ3n) is 4.71. The maximum absolute atomic E-state index is 14.4. The summed E-state index contributed by atoms with van der Waals surface area (Å²) >= 11 is 6.19. The van der Waals surface area contributed by atoms with Gasteiger partial charge in [-0.15, -0.1) is 0 Å². The number of carbonyl (C=O) groups excluding carboxylic acids is 1. The monoisotopic (exact) mass is 446 g/mol. The molecule has 2 aromatic rings. The van der Waals surface area contributed by atoms with Crippen LogP contribution in [-0.2, 0) is 16.1 Å². The fourth-order valence-corrected chi connectivity index (χ4v) is 3.33. The van der Waals surface area contributed by atoms with Crippen LogP contribution >= 0.6 is 11.6 Å². The third kappa shape index (κ3) is 5.73. The second-order valence-corrected chi connectivity index (χ2v) is 7.49. The minimum absolute atomic E-state index is 0.0603. The summed E-state index contributed by atoms with van der Waals surface area (Å²) in [6.45, 7) is 2.35. The Balaban J connectivity index is 1.70. The summed E-state index contributed by atoms with van der Waals surface area (Å²) in [5, 5.41) is 19.1. The van der Waals surface area contributed by atoms with Gasteiger partial charge in [0.25, 0.3) is 5.88 Å². The van der Waals surface area contributed by atoms with Crippen molar-refractivity contribution in [2.24, 2.45) is 0 Å². The Morgan fingerprint density at radius 2 is 2.16 bits per heavy atom. The molecule has 0 saturated carbocycles. The zero-order valence-corrected chi connectivity index (χ0v) is 17.7. The maximum atomic E-state index is 14.4. The average molecular weight is 447 g/mol. The molecule has 2 heterocycles. The van der Waals surface area contributed by atoms with E-state index in [1.165, 1.54) is 6.07 Å². The van der Waals surface area contributed by atoms with Crippen LogP contribution in [0.1, 0.15) is 50.2 Å². The van der Waals surface area contributed by atoms with Gasteiger partial charge in [-0.25, -0.2) is 4.39 Å². The molecule has 0 saturated heterocycles. The summed E-state index contributed by atoms with van der Waals surface area (Å²) in [4.78, 5) is 15.6. The number of unbranched alkanes of at least 4 members (excludes halogenated alkanes) is 1. The van der Waals surface area contributed by atoms with Crippen molar-refractivity contribution in [2.75, 3.05) is 6.61 Å². The fraction of sp³-hybridized carbons (Fsp3) is 0.381. The van der Waals surface area contributed by atoms with Gasteiger partial charge in [0.2, 0.25) is 5.88 Å². The second-order valence-electron chi connectivity index (χ2n) is 7.08. The van der Waals surface area contributed by atoms with Crippen LogP contribution in [0.5, 0.6) is 17.5 Å². The van der Waals surface area contributed by atoms with E-state index < -0.39 is 18.8 Å². The molecule has 0 amide bonds.